The molecule has 0 N–H and O–H groups in total. The molecule has 29 heavy (non-hydrogen) atoms. The van der Waals surface area contributed by atoms with Crippen LogP contribution >= 0.6 is 0 Å². The second kappa shape index (κ2) is 10.8. The minimum absolute atomic E-state index is 0.671. The van der Waals surface area contributed by atoms with E-state index in [-0.39, 0.29) is 0 Å². The first-order valence-electron chi connectivity index (χ1n) is 10.1. The van der Waals surface area contributed by atoms with Crippen molar-refractivity contribution in [3.8, 4) is 34.2 Å². The number of hydrogen-bond acceptors (Lipinski definition) is 3. The first-order chi connectivity index (χ1) is 14.3. The fourth-order valence-corrected chi connectivity index (χ4v) is 3.00. The van der Waals surface area contributed by atoms with Gasteiger partial charge in [0, 0.05) is 5.56 Å². The molecule has 3 heteroatoms. The van der Waals surface area contributed by atoms with E-state index in [1.54, 1.807) is 6.20 Å². The van der Waals surface area contributed by atoms with Crippen LogP contribution in [0.25, 0.3) is 22.4 Å². The van der Waals surface area contributed by atoms with Crippen molar-refractivity contribution in [1.82, 2.24) is 4.98 Å². The third kappa shape index (κ3) is 6.05. The lowest BCUT2D eigenvalue weighted by Crippen LogP contribution is -1.97. The van der Waals surface area contributed by atoms with Crippen molar-refractivity contribution in [2.45, 2.75) is 32.6 Å². The molecule has 0 fully saturated rings. The molecular weight excluding hydrogens is 356 g/mol. The van der Waals surface area contributed by atoms with Gasteiger partial charge in [-0.3, -0.25) is 4.98 Å². The number of nitrogens with zero attached hydrogens (tertiary/aromatic N) is 2. The minimum Gasteiger partial charge on any atom is -0.492 e. The Hall–Kier alpha value is -3.38. The average Bonchev–Trinajstić information content (AvgIpc) is 2.79. The number of allylic oxidation sites excluding steroid dienone is 2. The van der Waals surface area contributed by atoms with Gasteiger partial charge in [0.2, 0.25) is 0 Å². The van der Waals surface area contributed by atoms with Gasteiger partial charge in [0.25, 0.3) is 0 Å². The average molecular weight is 383 g/mol. The second-order valence-corrected chi connectivity index (χ2v) is 6.90. The quantitative estimate of drug-likeness (QED) is 0.302. The molecule has 0 radical (unpaired) electrons. The van der Waals surface area contributed by atoms with Crippen molar-refractivity contribution >= 4 is 0 Å². The summed E-state index contributed by atoms with van der Waals surface area (Å²) >= 11 is 0. The minimum atomic E-state index is 0.671. The molecule has 3 rings (SSSR count). The van der Waals surface area contributed by atoms with Gasteiger partial charge < -0.3 is 4.74 Å². The predicted octanol–water partition coefficient (Wildman–Crippen LogP) is 6.80. The second-order valence-electron chi connectivity index (χ2n) is 6.90. The summed E-state index contributed by atoms with van der Waals surface area (Å²) in [5, 5.41) is 8.91. The Bertz CT molecular complexity index is 950. The summed E-state index contributed by atoms with van der Waals surface area (Å²) in [4.78, 5) is 4.54. The topological polar surface area (TPSA) is 45.9 Å². The highest BCUT2D eigenvalue weighted by Gasteiger charge is 2.03. The van der Waals surface area contributed by atoms with Crippen LogP contribution in [0.1, 0.15) is 38.2 Å². The van der Waals surface area contributed by atoms with E-state index in [9.17, 15) is 0 Å². The van der Waals surface area contributed by atoms with Crippen LogP contribution in [-0.4, -0.2) is 11.6 Å². The molecule has 0 spiro atoms. The van der Waals surface area contributed by atoms with E-state index in [4.69, 9.17) is 10.00 Å². The van der Waals surface area contributed by atoms with Crippen LogP contribution in [0.4, 0.5) is 0 Å². The summed E-state index contributed by atoms with van der Waals surface area (Å²) in [6.07, 6.45) is 10.7. The zero-order valence-electron chi connectivity index (χ0n) is 16.8. The van der Waals surface area contributed by atoms with E-state index in [2.05, 4.69) is 54.4 Å². The smallest absolute Gasteiger partial charge is 0.137 e. The molecule has 3 nitrogen and oxygen atoms in total. The van der Waals surface area contributed by atoms with E-state index in [1.165, 1.54) is 6.42 Å². The number of hydrogen-bond donors (Lipinski definition) is 0. The lowest BCUT2D eigenvalue weighted by Gasteiger charge is -2.07. The molecule has 2 aromatic carbocycles. The number of pyridine rings is 1. The van der Waals surface area contributed by atoms with Gasteiger partial charge in [-0.05, 0) is 54.7 Å². The summed E-state index contributed by atoms with van der Waals surface area (Å²) in [7, 11) is 0. The molecule has 1 heterocycles. The summed E-state index contributed by atoms with van der Waals surface area (Å²) < 4.78 is 5.78. The standard InChI is InChI=1S/C26H26N2O/c1-2-3-4-5-6-7-18-29-25-16-17-26(28-20-25)24-14-12-23(13-15-24)22-10-8-21(19-27)9-11-22/h4-5,8-17,20H,2-3,6-7,18H2,1H3. The molecule has 0 amide bonds. The lowest BCUT2D eigenvalue weighted by atomic mass is 10.0. The van der Waals surface area contributed by atoms with Crippen molar-refractivity contribution in [3.63, 3.8) is 0 Å². The zero-order valence-corrected chi connectivity index (χ0v) is 16.8. The number of unbranched alkanes of at least 4 members (excludes halogenated alkanes) is 2. The maximum absolute atomic E-state index is 8.91. The fourth-order valence-electron chi connectivity index (χ4n) is 3.00. The highest BCUT2D eigenvalue weighted by Crippen LogP contribution is 2.25. The Morgan fingerprint density at radius 1 is 0.862 bits per heavy atom. The number of benzene rings is 2. The molecule has 0 saturated heterocycles. The molecule has 1 aromatic heterocycles. The van der Waals surface area contributed by atoms with Crippen LogP contribution < -0.4 is 4.74 Å². The molecule has 0 aliphatic carbocycles. The maximum atomic E-state index is 8.91. The Labute approximate surface area is 173 Å². The molecule has 3 aromatic rings. The number of aromatic nitrogens is 1. The summed E-state index contributed by atoms with van der Waals surface area (Å²) in [6, 6.07) is 22.0. The number of rotatable bonds is 9. The molecule has 0 saturated carbocycles. The summed E-state index contributed by atoms with van der Waals surface area (Å²) in [6.45, 7) is 2.89. The van der Waals surface area contributed by atoms with Crippen LogP contribution in [-0.2, 0) is 0 Å². The van der Waals surface area contributed by atoms with Crippen molar-refractivity contribution in [1.29, 1.82) is 5.26 Å². The van der Waals surface area contributed by atoms with E-state index < -0.39 is 0 Å². The molecule has 0 atom stereocenters. The number of ether oxygens (including phenoxy) is 1. The summed E-state index contributed by atoms with van der Waals surface area (Å²) in [5.74, 6) is 0.806. The van der Waals surface area contributed by atoms with Crippen LogP contribution in [0.2, 0.25) is 0 Å². The molecule has 146 valence electrons. The van der Waals surface area contributed by atoms with Gasteiger partial charge in [0.05, 0.1) is 30.1 Å². The SMILES string of the molecule is CCCC=CCCCOc1ccc(-c2ccc(-c3ccc(C#N)cc3)cc2)nc1. The van der Waals surface area contributed by atoms with Gasteiger partial charge in [-0.15, -0.1) is 0 Å². The van der Waals surface area contributed by atoms with Crippen LogP contribution in [0.15, 0.2) is 79.0 Å². The van der Waals surface area contributed by atoms with Crippen molar-refractivity contribution in [2.24, 2.45) is 0 Å². The predicted molar refractivity (Wildman–Crippen MR) is 119 cm³/mol. The monoisotopic (exact) mass is 382 g/mol. The van der Waals surface area contributed by atoms with E-state index in [0.29, 0.717) is 12.2 Å². The van der Waals surface area contributed by atoms with Gasteiger partial charge >= 0.3 is 0 Å². The Kier molecular flexibility index (Phi) is 7.60. The van der Waals surface area contributed by atoms with E-state index in [1.807, 2.05) is 36.4 Å². The van der Waals surface area contributed by atoms with Gasteiger partial charge in [-0.1, -0.05) is 61.9 Å². The van der Waals surface area contributed by atoms with Gasteiger partial charge in [0.1, 0.15) is 5.75 Å². The largest absolute Gasteiger partial charge is 0.492 e. The molecule has 0 aliphatic rings. The first-order valence-corrected chi connectivity index (χ1v) is 10.1. The molecule has 0 bridgehead atoms. The third-order valence-electron chi connectivity index (χ3n) is 4.67. The number of nitriles is 1. The molecule has 0 unspecified atom stereocenters. The van der Waals surface area contributed by atoms with E-state index in [0.717, 1.165) is 47.4 Å². The van der Waals surface area contributed by atoms with E-state index >= 15 is 0 Å². The third-order valence-corrected chi connectivity index (χ3v) is 4.67. The molecular formula is C26H26N2O. The highest BCUT2D eigenvalue weighted by atomic mass is 16.5. The van der Waals surface area contributed by atoms with Crippen molar-refractivity contribution in [3.05, 3.63) is 84.6 Å². The zero-order chi connectivity index (χ0) is 20.3. The van der Waals surface area contributed by atoms with Crippen molar-refractivity contribution in [2.75, 3.05) is 6.61 Å². The lowest BCUT2D eigenvalue weighted by molar-refractivity contribution is 0.311. The van der Waals surface area contributed by atoms with Gasteiger partial charge in [-0.2, -0.15) is 5.26 Å². The Morgan fingerprint density at radius 3 is 2.14 bits per heavy atom. The van der Waals surface area contributed by atoms with Crippen molar-refractivity contribution < 1.29 is 4.74 Å². The fraction of sp³-hybridized carbons (Fsp3) is 0.231. The molecule has 0 aliphatic heterocycles. The Balaban J connectivity index is 1.55. The van der Waals surface area contributed by atoms with Gasteiger partial charge in [0.15, 0.2) is 0 Å². The summed E-state index contributed by atoms with van der Waals surface area (Å²) in [5.41, 5.74) is 4.87. The normalized spacial score (nSPS) is 10.8. The highest BCUT2D eigenvalue weighted by molar-refractivity contribution is 5.69. The van der Waals surface area contributed by atoms with Gasteiger partial charge in [-0.25, -0.2) is 0 Å². The maximum Gasteiger partial charge on any atom is 0.137 e. The first kappa shape index (κ1) is 20.4. The Morgan fingerprint density at radius 2 is 1.52 bits per heavy atom. The van der Waals surface area contributed by atoms with Crippen LogP contribution in [0, 0.1) is 11.3 Å². The van der Waals surface area contributed by atoms with Crippen LogP contribution in [0.5, 0.6) is 5.75 Å². The van der Waals surface area contributed by atoms with Crippen LogP contribution in [0.3, 0.4) is 0 Å².